The molecular formula is C16H10O5. The standard InChI is InChI=1S/C16H10O5/c17-9-1-3-11-8(5-9)7-20-16-14(19)12-4-2-10(18)6-13(12)21-15(11)16/h1-6,17-18H,7H2. The maximum Gasteiger partial charge on any atom is 0.235 e. The molecule has 2 heterocycles. The Balaban J connectivity index is 2.10. The highest BCUT2D eigenvalue weighted by atomic mass is 16.5. The molecule has 1 aromatic heterocycles. The summed E-state index contributed by atoms with van der Waals surface area (Å²) in [4.78, 5) is 12.4. The van der Waals surface area contributed by atoms with Crippen molar-refractivity contribution in [1.82, 2.24) is 0 Å². The molecule has 2 N–H and O–H groups in total. The van der Waals surface area contributed by atoms with Gasteiger partial charge in [0.05, 0.1) is 5.39 Å². The molecule has 0 fully saturated rings. The van der Waals surface area contributed by atoms with Gasteiger partial charge < -0.3 is 19.4 Å². The summed E-state index contributed by atoms with van der Waals surface area (Å²) in [6, 6.07) is 9.12. The Morgan fingerprint density at radius 3 is 2.62 bits per heavy atom. The summed E-state index contributed by atoms with van der Waals surface area (Å²) in [5.41, 5.74) is 1.47. The van der Waals surface area contributed by atoms with Crippen molar-refractivity contribution in [3.63, 3.8) is 0 Å². The second-order valence-electron chi connectivity index (χ2n) is 4.90. The maximum absolute atomic E-state index is 12.4. The summed E-state index contributed by atoms with van der Waals surface area (Å²) in [5, 5.41) is 19.4. The molecule has 0 radical (unpaired) electrons. The Labute approximate surface area is 118 Å². The predicted molar refractivity (Wildman–Crippen MR) is 75.6 cm³/mol. The highest BCUT2D eigenvalue weighted by Gasteiger charge is 2.24. The van der Waals surface area contributed by atoms with Gasteiger partial charge >= 0.3 is 0 Å². The molecule has 5 nitrogen and oxygen atoms in total. The first-order valence-electron chi connectivity index (χ1n) is 6.38. The van der Waals surface area contributed by atoms with Crippen molar-refractivity contribution < 1.29 is 19.4 Å². The summed E-state index contributed by atoms with van der Waals surface area (Å²) in [7, 11) is 0. The van der Waals surface area contributed by atoms with Gasteiger partial charge in [0.25, 0.3) is 0 Å². The minimum absolute atomic E-state index is 0.0215. The van der Waals surface area contributed by atoms with Crippen molar-refractivity contribution in [3.05, 3.63) is 52.2 Å². The van der Waals surface area contributed by atoms with Gasteiger partial charge in [-0.25, -0.2) is 0 Å². The van der Waals surface area contributed by atoms with Crippen molar-refractivity contribution in [1.29, 1.82) is 0 Å². The fourth-order valence-electron chi connectivity index (χ4n) is 2.54. The van der Waals surface area contributed by atoms with Crippen LogP contribution in [0.2, 0.25) is 0 Å². The molecule has 1 aliphatic rings. The van der Waals surface area contributed by atoms with Gasteiger partial charge in [-0.15, -0.1) is 0 Å². The summed E-state index contributed by atoms with van der Waals surface area (Å²) in [6.45, 7) is 0.199. The summed E-state index contributed by atoms with van der Waals surface area (Å²) < 4.78 is 11.2. The first-order chi connectivity index (χ1) is 10.1. The van der Waals surface area contributed by atoms with E-state index in [2.05, 4.69) is 0 Å². The van der Waals surface area contributed by atoms with Gasteiger partial charge in [-0.05, 0) is 30.3 Å². The average molecular weight is 282 g/mol. The van der Waals surface area contributed by atoms with Gasteiger partial charge in [-0.2, -0.15) is 0 Å². The van der Waals surface area contributed by atoms with Crippen molar-refractivity contribution in [3.8, 4) is 28.6 Å². The van der Waals surface area contributed by atoms with Crippen LogP contribution in [0, 0.1) is 0 Å². The smallest absolute Gasteiger partial charge is 0.235 e. The Morgan fingerprint density at radius 1 is 1.00 bits per heavy atom. The van der Waals surface area contributed by atoms with E-state index < -0.39 is 0 Å². The molecule has 0 aliphatic carbocycles. The molecule has 0 bridgehead atoms. The zero-order valence-electron chi connectivity index (χ0n) is 10.8. The van der Waals surface area contributed by atoms with Gasteiger partial charge in [0.2, 0.25) is 11.2 Å². The van der Waals surface area contributed by atoms with E-state index in [1.165, 1.54) is 24.3 Å². The molecule has 0 atom stereocenters. The maximum atomic E-state index is 12.4. The number of aromatic hydroxyl groups is 2. The fraction of sp³-hybridized carbons (Fsp3) is 0.0625. The van der Waals surface area contributed by atoms with Crippen LogP contribution in [0.15, 0.2) is 45.6 Å². The summed E-state index contributed by atoms with van der Waals surface area (Å²) in [5.74, 6) is 0.626. The lowest BCUT2D eigenvalue weighted by molar-refractivity contribution is 0.289. The molecule has 104 valence electrons. The second-order valence-corrected chi connectivity index (χ2v) is 4.90. The summed E-state index contributed by atoms with van der Waals surface area (Å²) in [6.07, 6.45) is 0. The molecule has 0 saturated carbocycles. The average Bonchev–Trinajstić information content (AvgIpc) is 2.46. The van der Waals surface area contributed by atoms with Crippen LogP contribution < -0.4 is 10.2 Å². The van der Waals surface area contributed by atoms with Crippen LogP contribution in [-0.2, 0) is 6.61 Å². The Morgan fingerprint density at radius 2 is 1.76 bits per heavy atom. The third-order valence-corrected chi connectivity index (χ3v) is 3.54. The lowest BCUT2D eigenvalue weighted by Gasteiger charge is -2.19. The number of fused-ring (bicyclic) bond motifs is 4. The van der Waals surface area contributed by atoms with E-state index in [1.54, 1.807) is 12.1 Å². The SMILES string of the molecule is O=c1c2c(oc3cc(O)ccc13)-c1ccc(O)cc1CO2. The zero-order chi connectivity index (χ0) is 14.6. The molecule has 3 aromatic rings. The van der Waals surface area contributed by atoms with Crippen LogP contribution in [0.4, 0.5) is 0 Å². The predicted octanol–water partition coefficient (Wildman–Crippen LogP) is 2.76. The lowest BCUT2D eigenvalue weighted by Crippen LogP contribution is -2.14. The Bertz CT molecular complexity index is 939. The quantitative estimate of drug-likeness (QED) is 0.662. The molecule has 4 rings (SSSR count). The number of benzene rings is 2. The third-order valence-electron chi connectivity index (χ3n) is 3.54. The van der Waals surface area contributed by atoms with Gasteiger partial charge in [-0.1, -0.05) is 0 Å². The molecule has 1 aliphatic heterocycles. The minimum atomic E-state index is -0.273. The molecule has 0 saturated heterocycles. The summed E-state index contributed by atoms with van der Waals surface area (Å²) >= 11 is 0. The van der Waals surface area contributed by atoms with Crippen LogP contribution in [0.5, 0.6) is 17.2 Å². The van der Waals surface area contributed by atoms with Gasteiger partial charge in [0.15, 0.2) is 5.76 Å². The molecule has 0 unspecified atom stereocenters. The van der Waals surface area contributed by atoms with E-state index in [9.17, 15) is 15.0 Å². The topological polar surface area (TPSA) is 79.9 Å². The number of hydrogen-bond acceptors (Lipinski definition) is 5. The van der Waals surface area contributed by atoms with Crippen LogP contribution in [0.3, 0.4) is 0 Å². The lowest BCUT2D eigenvalue weighted by atomic mass is 10.0. The van der Waals surface area contributed by atoms with Crippen molar-refractivity contribution in [2.45, 2.75) is 6.61 Å². The molecule has 21 heavy (non-hydrogen) atoms. The monoisotopic (exact) mass is 282 g/mol. The van der Waals surface area contributed by atoms with Crippen molar-refractivity contribution >= 4 is 11.0 Å². The minimum Gasteiger partial charge on any atom is -0.508 e. The van der Waals surface area contributed by atoms with Gasteiger partial charge in [-0.3, -0.25) is 4.79 Å². The van der Waals surface area contributed by atoms with E-state index in [0.717, 1.165) is 5.56 Å². The van der Waals surface area contributed by atoms with Crippen molar-refractivity contribution in [2.75, 3.05) is 0 Å². The molecule has 0 spiro atoms. The fourth-order valence-corrected chi connectivity index (χ4v) is 2.54. The third kappa shape index (κ3) is 1.67. The first-order valence-corrected chi connectivity index (χ1v) is 6.38. The largest absolute Gasteiger partial charge is 0.508 e. The zero-order valence-corrected chi connectivity index (χ0v) is 10.8. The second kappa shape index (κ2) is 4.02. The normalized spacial score (nSPS) is 12.6. The Kier molecular flexibility index (Phi) is 2.27. The van der Waals surface area contributed by atoms with Crippen LogP contribution in [0.25, 0.3) is 22.3 Å². The van der Waals surface area contributed by atoms with Gasteiger partial charge in [0.1, 0.15) is 23.7 Å². The van der Waals surface area contributed by atoms with Crippen LogP contribution in [-0.4, -0.2) is 10.2 Å². The van der Waals surface area contributed by atoms with E-state index in [1.807, 2.05) is 0 Å². The van der Waals surface area contributed by atoms with E-state index in [4.69, 9.17) is 9.15 Å². The number of ether oxygens (including phenoxy) is 1. The highest BCUT2D eigenvalue weighted by molar-refractivity contribution is 5.84. The van der Waals surface area contributed by atoms with E-state index in [0.29, 0.717) is 22.3 Å². The molecular weight excluding hydrogens is 272 g/mol. The van der Waals surface area contributed by atoms with Gasteiger partial charge in [0, 0.05) is 17.2 Å². The van der Waals surface area contributed by atoms with E-state index in [-0.39, 0.29) is 29.3 Å². The molecule has 0 amide bonds. The highest BCUT2D eigenvalue weighted by Crippen LogP contribution is 2.38. The van der Waals surface area contributed by atoms with Crippen molar-refractivity contribution in [2.24, 2.45) is 0 Å². The van der Waals surface area contributed by atoms with Crippen LogP contribution >= 0.6 is 0 Å². The number of hydrogen-bond donors (Lipinski definition) is 2. The van der Waals surface area contributed by atoms with E-state index >= 15 is 0 Å². The molecule has 2 aromatic carbocycles. The van der Waals surface area contributed by atoms with Crippen LogP contribution in [0.1, 0.15) is 5.56 Å². The Hall–Kier alpha value is -2.95. The molecule has 5 heteroatoms. The number of phenols is 2. The first kappa shape index (κ1) is 11.8. The number of rotatable bonds is 0. The number of phenolic OH excluding ortho intramolecular Hbond substituents is 2.